The maximum Gasteiger partial charge on any atom is 0.253 e. The van der Waals surface area contributed by atoms with Crippen molar-refractivity contribution < 1.29 is 4.79 Å². The molecular weight excluding hydrogens is 310 g/mol. The van der Waals surface area contributed by atoms with Gasteiger partial charge in [0.05, 0.1) is 5.56 Å². The predicted molar refractivity (Wildman–Crippen MR) is 103 cm³/mol. The second-order valence-electron chi connectivity index (χ2n) is 6.21. The second kappa shape index (κ2) is 7.99. The third-order valence-corrected chi connectivity index (χ3v) is 4.61. The normalized spacial score (nSPS) is 11.2. The first-order valence-corrected chi connectivity index (χ1v) is 8.85. The van der Waals surface area contributed by atoms with Crippen molar-refractivity contribution in [1.29, 1.82) is 0 Å². The minimum absolute atomic E-state index is 0.0512. The van der Waals surface area contributed by atoms with E-state index in [4.69, 9.17) is 0 Å². The van der Waals surface area contributed by atoms with Gasteiger partial charge in [-0.25, -0.2) is 0 Å². The summed E-state index contributed by atoms with van der Waals surface area (Å²) in [6.07, 6.45) is 1.77. The monoisotopic (exact) mass is 335 g/mol. The molecular formula is C21H25N3O. The zero-order valence-electron chi connectivity index (χ0n) is 14.9. The minimum Gasteiger partial charge on any atom is -0.360 e. The molecule has 3 rings (SSSR count). The van der Waals surface area contributed by atoms with Gasteiger partial charge < -0.3 is 10.3 Å². The van der Waals surface area contributed by atoms with Crippen LogP contribution < -0.4 is 5.32 Å². The molecule has 0 aliphatic heterocycles. The number of aromatic amines is 1. The highest BCUT2D eigenvalue weighted by Gasteiger charge is 2.11. The Morgan fingerprint density at radius 3 is 2.40 bits per heavy atom. The van der Waals surface area contributed by atoms with Gasteiger partial charge in [-0.2, -0.15) is 0 Å². The molecule has 0 atom stereocenters. The number of carbonyl (C=O) groups excluding carboxylic acids is 1. The molecule has 2 aromatic carbocycles. The van der Waals surface area contributed by atoms with Crippen molar-refractivity contribution in [2.24, 2.45) is 0 Å². The number of hydrogen-bond acceptors (Lipinski definition) is 2. The molecule has 0 unspecified atom stereocenters. The standard InChI is InChI=1S/C21H25N3O/c1-3-24(4-2)15-17-11-9-16(10-12-17)13-23-21(25)19-14-22-20-8-6-5-7-18(19)20/h5-12,14,22H,3-4,13,15H2,1-2H3,(H,23,25). The number of nitrogens with zero attached hydrogens (tertiary/aromatic N) is 1. The first kappa shape index (κ1) is 17.2. The highest BCUT2D eigenvalue weighted by atomic mass is 16.1. The van der Waals surface area contributed by atoms with Crippen molar-refractivity contribution in [3.8, 4) is 0 Å². The summed E-state index contributed by atoms with van der Waals surface area (Å²) < 4.78 is 0. The molecule has 1 amide bonds. The molecule has 0 saturated heterocycles. The number of amides is 1. The van der Waals surface area contributed by atoms with Gasteiger partial charge in [-0.1, -0.05) is 56.3 Å². The molecule has 0 aliphatic carbocycles. The number of nitrogens with one attached hydrogen (secondary N) is 2. The Morgan fingerprint density at radius 2 is 1.68 bits per heavy atom. The fourth-order valence-electron chi connectivity index (χ4n) is 3.00. The number of fused-ring (bicyclic) bond motifs is 1. The molecule has 0 saturated carbocycles. The summed E-state index contributed by atoms with van der Waals surface area (Å²) >= 11 is 0. The average molecular weight is 335 g/mol. The van der Waals surface area contributed by atoms with Crippen molar-refractivity contribution in [3.05, 3.63) is 71.4 Å². The molecule has 130 valence electrons. The van der Waals surface area contributed by atoms with Crippen LogP contribution in [-0.4, -0.2) is 28.9 Å². The minimum atomic E-state index is -0.0512. The summed E-state index contributed by atoms with van der Waals surface area (Å²) in [5.41, 5.74) is 4.08. The summed E-state index contributed by atoms with van der Waals surface area (Å²) in [4.78, 5) is 18.0. The lowest BCUT2D eigenvalue weighted by molar-refractivity contribution is 0.0952. The Kier molecular flexibility index (Phi) is 5.51. The zero-order valence-corrected chi connectivity index (χ0v) is 14.9. The first-order valence-electron chi connectivity index (χ1n) is 8.85. The summed E-state index contributed by atoms with van der Waals surface area (Å²) in [6, 6.07) is 16.3. The Morgan fingerprint density at radius 1 is 1.00 bits per heavy atom. The van der Waals surface area contributed by atoms with E-state index >= 15 is 0 Å². The number of H-pyrrole nitrogens is 1. The van der Waals surface area contributed by atoms with Gasteiger partial charge in [-0.15, -0.1) is 0 Å². The summed E-state index contributed by atoms with van der Waals surface area (Å²) in [6.45, 7) is 7.97. The predicted octanol–water partition coefficient (Wildman–Crippen LogP) is 3.94. The molecule has 0 fully saturated rings. The maximum atomic E-state index is 12.4. The number of aromatic nitrogens is 1. The van der Waals surface area contributed by atoms with E-state index in [0.29, 0.717) is 12.1 Å². The van der Waals surface area contributed by atoms with Crippen LogP contribution in [0.2, 0.25) is 0 Å². The number of hydrogen-bond donors (Lipinski definition) is 2. The molecule has 0 spiro atoms. The third-order valence-electron chi connectivity index (χ3n) is 4.61. The van der Waals surface area contributed by atoms with Crippen LogP contribution in [0.3, 0.4) is 0 Å². The van der Waals surface area contributed by atoms with E-state index in [1.54, 1.807) is 6.20 Å². The summed E-state index contributed by atoms with van der Waals surface area (Å²) in [5.74, 6) is -0.0512. The Balaban J connectivity index is 1.60. The van der Waals surface area contributed by atoms with Crippen LogP contribution in [0.4, 0.5) is 0 Å². The van der Waals surface area contributed by atoms with E-state index < -0.39 is 0 Å². The van der Waals surface area contributed by atoms with Gasteiger partial charge >= 0.3 is 0 Å². The number of para-hydroxylation sites is 1. The lowest BCUT2D eigenvalue weighted by Crippen LogP contribution is -2.23. The molecule has 0 aliphatic rings. The van der Waals surface area contributed by atoms with Crippen LogP contribution in [0.1, 0.15) is 35.3 Å². The Hall–Kier alpha value is -2.59. The largest absolute Gasteiger partial charge is 0.360 e. The van der Waals surface area contributed by atoms with E-state index in [1.165, 1.54) is 5.56 Å². The third kappa shape index (κ3) is 4.09. The lowest BCUT2D eigenvalue weighted by atomic mass is 10.1. The van der Waals surface area contributed by atoms with Gasteiger partial charge in [0, 0.05) is 30.2 Å². The average Bonchev–Trinajstić information content (AvgIpc) is 3.09. The SMILES string of the molecule is CCN(CC)Cc1ccc(CNC(=O)c2c[nH]c3ccccc23)cc1. The van der Waals surface area contributed by atoms with Gasteiger partial charge in [-0.05, 0) is 30.3 Å². The molecule has 2 N–H and O–H groups in total. The van der Waals surface area contributed by atoms with Crippen LogP contribution in [0.15, 0.2) is 54.7 Å². The number of carbonyl (C=O) groups is 1. The first-order chi connectivity index (χ1) is 12.2. The highest BCUT2D eigenvalue weighted by Crippen LogP contribution is 2.17. The van der Waals surface area contributed by atoms with Crippen molar-refractivity contribution >= 4 is 16.8 Å². The van der Waals surface area contributed by atoms with Gasteiger partial charge in [0.25, 0.3) is 5.91 Å². The van der Waals surface area contributed by atoms with Crippen molar-refractivity contribution in [2.45, 2.75) is 26.9 Å². The second-order valence-corrected chi connectivity index (χ2v) is 6.21. The quantitative estimate of drug-likeness (QED) is 0.687. The van der Waals surface area contributed by atoms with Gasteiger partial charge in [0.15, 0.2) is 0 Å². The fraction of sp³-hybridized carbons (Fsp3) is 0.286. The number of benzene rings is 2. The van der Waals surface area contributed by atoms with E-state index in [1.807, 2.05) is 24.3 Å². The molecule has 4 heteroatoms. The summed E-state index contributed by atoms with van der Waals surface area (Å²) in [7, 11) is 0. The fourth-order valence-corrected chi connectivity index (χ4v) is 3.00. The van der Waals surface area contributed by atoms with Crippen molar-refractivity contribution in [3.63, 3.8) is 0 Å². The summed E-state index contributed by atoms with van der Waals surface area (Å²) in [5, 5.41) is 3.96. The van der Waals surface area contributed by atoms with E-state index in [2.05, 4.69) is 53.3 Å². The van der Waals surface area contributed by atoms with E-state index in [-0.39, 0.29) is 5.91 Å². The molecule has 1 aromatic heterocycles. The van der Waals surface area contributed by atoms with Crippen LogP contribution in [0.5, 0.6) is 0 Å². The molecule has 1 heterocycles. The van der Waals surface area contributed by atoms with Crippen LogP contribution in [-0.2, 0) is 13.1 Å². The van der Waals surface area contributed by atoms with Crippen LogP contribution in [0.25, 0.3) is 10.9 Å². The topological polar surface area (TPSA) is 48.1 Å². The zero-order chi connectivity index (χ0) is 17.6. The van der Waals surface area contributed by atoms with E-state index in [9.17, 15) is 4.79 Å². The van der Waals surface area contributed by atoms with E-state index in [0.717, 1.165) is 36.1 Å². The smallest absolute Gasteiger partial charge is 0.253 e. The molecule has 25 heavy (non-hydrogen) atoms. The van der Waals surface area contributed by atoms with Gasteiger partial charge in [0.1, 0.15) is 0 Å². The lowest BCUT2D eigenvalue weighted by Gasteiger charge is -2.18. The van der Waals surface area contributed by atoms with Gasteiger partial charge in [-0.3, -0.25) is 9.69 Å². The molecule has 4 nitrogen and oxygen atoms in total. The number of rotatable bonds is 7. The van der Waals surface area contributed by atoms with Gasteiger partial charge in [0.2, 0.25) is 0 Å². The van der Waals surface area contributed by atoms with Crippen molar-refractivity contribution in [1.82, 2.24) is 15.2 Å². The molecule has 3 aromatic rings. The maximum absolute atomic E-state index is 12.4. The van der Waals surface area contributed by atoms with Crippen LogP contribution >= 0.6 is 0 Å². The Bertz CT molecular complexity index is 832. The highest BCUT2D eigenvalue weighted by molar-refractivity contribution is 6.06. The van der Waals surface area contributed by atoms with Crippen LogP contribution in [0, 0.1) is 0 Å². The van der Waals surface area contributed by atoms with Crippen molar-refractivity contribution in [2.75, 3.05) is 13.1 Å². The molecule has 0 radical (unpaired) electrons. The molecule has 0 bridgehead atoms. The Labute approximate surface area is 148 Å².